The van der Waals surface area contributed by atoms with Gasteiger partial charge in [-0.2, -0.15) is 5.10 Å². The van der Waals surface area contributed by atoms with Gasteiger partial charge in [-0.3, -0.25) is 4.79 Å². The van der Waals surface area contributed by atoms with Gasteiger partial charge in [0.15, 0.2) is 0 Å². The van der Waals surface area contributed by atoms with Crippen molar-refractivity contribution in [3.05, 3.63) is 62.4 Å². The summed E-state index contributed by atoms with van der Waals surface area (Å²) in [5.74, 6) is 0.381. The predicted octanol–water partition coefficient (Wildman–Crippen LogP) is 5.09. The molecule has 0 atom stereocenters. The summed E-state index contributed by atoms with van der Waals surface area (Å²) in [4.78, 5) is 12.7. The average Bonchev–Trinajstić information content (AvgIpc) is 2.91. The fourth-order valence-electron chi connectivity index (χ4n) is 2.12. The minimum absolute atomic E-state index is 0.341. The molecule has 3 aromatic rings. The van der Waals surface area contributed by atoms with E-state index in [1.807, 2.05) is 42.5 Å². The van der Waals surface area contributed by atoms with Gasteiger partial charge in [0.25, 0.3) is 5.91 Å². The van der Waals surface area contributed by atoms with Crippen molar-refractivity contribution in [1.29, 1.82) is 0 Å². The van der Waals surface area contributed by atoms with Crippen LogP contribution in [-0.4, -0.2) is 19.2 Å². The number of thiophene rings is 1. The van der Waals surface area contributed by atoms with Crippen molar-refractivity contribution < 1.29 is 9.53 Å². The van der Waals surface area contributed by atoms with E-state index in [-0.39, 0.29) is 5.91 Å². The van der Waals surface area contributed by atoms with Crippen molar-refractivity contribution in [2.24, 2.45) is 5.10 Å². The molecule has 0 aliphatic rings. The van der Waals surface area contributed by atoms with Gasteiger partial charge in [0.2, 0.25) is 0 Å². The molecule has 0 aliphatic carbocycles. The Morgan fingerprint density at radius 2 is 2.17 bits per heavy atom. The molecule has 7 heteroatoms. The van der Waals surface area contributed by atoms with Crippen LogP contribution < -0.4 is 10.2 Å². The molecule has 0 aliphatic heterocycles. The maximum absolute atomic E-state index is 12.3. The Labute approximate surface area is 156 Å². The summed E-state index contributed by atoms with van der Waals surface area (Å²) in [5.41, 5.74) is 3.38. The Kier molecular flexibility index (Phi) is 5.18. The molecule has 1 heterocycles. The van der Waals surface area contributed by atoms with E-state index in [0.717, 1.165) is 25.9 Å². The van der Waals surface area contributed by atoms with Crippen LogP contribution in [0.2, 0.25) is 5.02 Å². The number of nitrogens with zero attached hydrogens (tertiary/aromatic N) is 1. The number of hydrogen-bond acceptors (Lipinski definition) is 4. The Balaban J connectivity index is 1.80. The van der Waals surface area contributed by atoms with Gasteiger partial charge in [0.05, 0.1) is 18.3 Å². The first-order chi connectivity index (χ1) is 11.6. The maximum atomic E-state index is 12.3. The van der Waals surface area contributed by atoms with Gasteiger partial charge in [-0.05, 0) is 35.9 Å². The van der Waals surface area contributed by atoms with Gasteiger partial charge in [-0.15, -0.1) is 11.3 Å². The lowest BCUT2D eigenvalue weighted by atomic mass is 10.2. The number of methoxy groups -OCH3 is 1. The van der Waals surface area contributed by atoms with Crippen LogP contribution in [0.25, 0.3) is 10.1 Å². The fourth-order valence-corrected chi connectivity index (χ4v) is 3.97. The van der Waals surface area contributed by atoms with Gasteiger partial charge in [-0.25, -0.2) is 5.43 Å². The van der Waals surface area contributed by atoms with Gasteiger partial charge in [-0.1, -0.05) is 39.7 Å². The van der Waals surface area contributed by atoms with E-state index >= 15 is 0 Å². The van der Waals surface area contributed by atoms with Crippen molar-refractivity contribution in [3.63, 3.8) is 0 Å². The highest BCUT2D eigenvalue weighted by Crippen LogP contribution is 2.37. The fraction of sp³-hybridized carbons (Fsp3) is 0.0588. The highest BCUT2D eigenvalue weighted by molar-refractivity contribution is 9.10. The Morgan fingerprint density at radius 1 is 1.33 bits per heavy atom. The number of hydrazone groups is 1. The van der Waals surface area contributed by atoms with Crippen LogP contribution in [0.4, 0.5) is 0 Å². The highest BCUT2D eigenvalue weighted by atomic mass is 79.9. The van der Waals surface area contributed by atoms with E-state index in [1.54, 1.807) is 13.3 Å². The summed E-state index contributed by atoms with van der Waals surface area (Å²) in [7, 11) is 1.60. The van der Waals surface area contributed by atoms with E-state index < -0.39 is 0 Å². The zero-order chi connectivity index (χ0) is 17.1. The predicted molar refractivity (Wildman–Crippen MR) is 103 cm³/mol. The molecule has 2 aromatic carbocycles. The third-order valence-corrected chi connectivity index (χ3v) is 5.42. The molecular formula is C17H12BrClN2O2S. The van der Waals surface area contributed by atoms with Crippen molar-refractivity contribution >= 4 is 61.1 Å². The second-order valence-corrected chi connectivity index (χ2v) is 7.21. The minimum Gasteiger partial charge on any atom is -0.497 e. The molecule has 0 bridgehead atoms. The second-order valence-electron chi connectivity index (χ2n) is 4.86. The summed E-state index contributed by atoms with van der Waals surface area (Å²) >= 11 is 11.0. The summed E-state index contributed by atoms with van der Waals surface area (Å²) < 4.78 is 7.02. The summed E-state index contributed by atoms with van der Waals surface area (Å²) in [6, 6.07) is 13.1. The van der Waals surface area contributed by atoms with Gasteiger partial charge < -0.3 is 4.74 Å². The molecule has 0 saturated carbocycles. The first-order valence-corrected chi connectivity index (χ1v) is 8.92. The second kappa shape index (κ2) is 7.34. The monoisotopic (exact) mass is 422 g/mol. The first-order valence-electron chi connectivity index (χ1n) is 6.93. The van der Waals surface area contributed by atoms with Crippen LogP contribution in [0.3, 0.4) is 0 Å². The van der Waals surface area contributed by atoms with E-state index in [1.165, 1.54) is 11.3 Å². The minimum atomic E-state index is -0.341. The largest absolute Gasteiger partial charge is 0.497 e. The van der Waals surface area contributed by atoms with Crippen LogP contribution in [0.15, 0.2) is 52.0 Å². The topological polar surface area (TPSA) is 50.7 Å². The number of carbonyl (C=O) groups is 1. The number of fused-ring (bicyclic) bond motifs is 1. The zero-order valence-electron chi connectivity index (χ0n) is 12.5. The smallest absolute Gasteiger partial charge is 0.283 e. The molecule has 0 radical (unpaired) electrons. The molecule has 1 aromatic heterocycles. The number of nitrogens with one attached hydrogen (secondary N) is 1. The van der Waals surface area contributed by atoms with E-state index in [2.05, 4.69) is 26.5 Å². The standard InChI is InChI=1S/C17H12BrClN2O2S/c1-23-12-5-6-13-14(8-12)24-16(15(13)19)17(22)21-20-9-10-3-2-4-11(18)7-10/h2-9H,1H3,(H,21,22)/b20-9-. The van der Waals surface area contributed by atoms with Gasteiger partial charge in [0, 0.05) is 14.6 Å². The molecule has 3 rings (SSSR count). The van der Waals surface area contributed by atoms with Crippen molar-refractivity contribution in [2.45, 2.75) is 0 Å². The van der Waals surface area contributed by atoms with Crippen LogP contribution in [-0.2, 0) is 0 Å². The Bertz CT molecular complexity index is 939. The van der Waals surface area contributed by atoms with Crippen molar-refractivity contribution in [2.75, 3.05) is 7.11 Å². The molecule has 122 valence electrons. The van der Waals surface area contributed by atoms with Crippen molar-refractivity contribution in [1.82, 2.24) is 5.43 Å². The number of hydrogen-bond donors (Lipinski definition) is 1. The van der Waals surface area contributed by atoms with Crippen LogP contribution in [0.1, 0.15) is 15.2 Å². The number of rotatable bonds is 4. The molecule has 1 amide bonds. The highest BCUT2D eigenvalue weighted by Gasteiger charge is 2.17. The SMILES string of the molecule is COc1ccc2c(Cl)c(C(=O)N/N=C\c3cccc(Br)c3)sc2c1. The molecule has 24 heavy (non-hydrogen) atoms. The number of halogens is 2. The number of carbonyl (C=O) groups excluding carboxylic acids is 1. The van der Waals surface area contributed by atoms with Gasteiger partial charge >= 0.3 is 0 Å². The number of ether oxygens (including phenoxy) is 1. The lowest BCUT2D eigenvalue weighted by Gasteiger charge is -1.98. The molecular weight excluding hydrogens is 412 g/mol. The van der Waals surface area contributed by atoms with E-state index in [4.69, 9.17) is 16.3 Å². The molecule has 0 unspecified atom stereocenters. The third-order valence-electron chi connectivity index (χ3n) is 3.27. The lowest BCUT2D eigenvalue weighted by molar-refractivity contribution is 0.0959. The van der Waals surface area contributed by atoms with Crippen LogP contribution in [0, 0.1) is 0 Å². The zero-order valence-corrected chi connectivity index (χ0v) is 15.7. The Hall–Kier alpha value is -1.89. The molecule has 1 N–H and O–H groups in total. The summed E-state index contributed by atoms with van der Waals surface area (Å²) in [6.07, 6.45) is 1.58. The van der Waals surface area contributed by atoms with Gasteiger partial charge in [0.1, 0.15) is 10.6 Å². The molecule has 4 nitrogen and oxygen atoms in total. The molecule has 0 saturated heterocycles. The maximum Gasteiger partial charge on any atom is 0.283 e. The van der Waals surface area contributed by atoms with Crippen LogP contribution in [0.5, 0.6) is 5.75 Å². The number of amides is 1. The van der Waals surface area contributed by atoms with E-state index in [0.29, 0.717) is 9.90 Å². The first kappa shape index (κ1) is 17.0. The van der Waals surface area contributed by atoms with Crippen molar-refractivity contribution in [3.8, 4) is 5.75 Å². The number of benzene rings is 2. The third kappa shape index (κ3) is 3.61. The summed E-state index contributed by atoms with van der Waals surface area (Å²) in [5, 5.41) is 5.23. The molecule has 0 spiro atoms. The summed E-state index contributed by atoms with van der Waals surface area (Å²) in [6.45, 7) is 0. The quantitative estimate of drug-likeness (QED) is 0.469. The van der Waals surface area contributed by atoms with Crippen LogP contribution >= 0.6 is 38.9 Å². The normalized spacial score (nSPS) is 11.1. The van der Waals surface area contributed by atoms with E-state index in [9.17, 15) is 4.79 Å². The Morgan fingerprint density at radius 3 is 2.92 bits per heavy atom. The molecule has 0 fully saturated rings. The lowest BCUT2D eigenvalue weighted by Crippen LogP contribution is -2.16. The average molecular weight is 424 g/mol.